The van der Waals surface area contributed by atoms with E-state index in [2.05, 4.69) is 15.5 Å². The number of benzene rings is 2. The number of nitrogens with two attached hydrogens (primary N) is 2. The Hall–Kier alpha value is -5.55. The number of methoxy groups -OCH3 is 2. The zero-order valence-electron chi connectivity index (χ0n) is 43.0. The topological polar surface area (TPSA) is 352 Å². The van der Waals surface area contributed by atoms with Gasteiger partial charge in [0.15, 0.2) is 30.4 Å². The number of Topliss-reactive ketones (excluding diaryl/α,β-unsaturated/α-hetero) is 2. The number of morpholine rings is 1. The van der Waals surface area contributed by atoms with Gasteiger partial charge in [-0.05, 0) is 19.9 Å². The zero-order valence-corrected chi connectivity index (χ0v) is 43.0. The number of rotatable bonds is 28. The molecule has 76 heavy (non-hydrogen) atoms. The zero-order chi connectivity index (χ0) is 54.8. The standard InChI is InChI=1S/C51H69N5O20/c1-26(55-47(64)28(21-36(53)59)20-29(57)8-11-69-14-16-71-18-19-72-17-15-70-12-9-52)33(58)25-54-50(65)51(66)23-31-39(45(63)41-40(43(31)61)42(60)30-6-5-7-34(67-3)38(30)44(41)62)35(24-51)75-37-22-32-46(27(2)74-37)76-48-49(68-4)73-13-10-56(32)48/h5-7,26-28,32,35,37,46,48-49,61,63,66H,8-25,52H2,1-4H3,(H2,53,59)(H,54,65)(H,55,64)/t26-,27-,28-,32-,35-,37-,46+,48+,49-,51-/m0/s1. The van der Waals surface area contributed by atoms with E-state index in [4.69, 9.17) is 58.8 Å². The van der Waals surface area contributed by atoms with Crippen molar-refractivity contribution < 1.29 is 96.2 Å². The van der Waals surface area contributed by atoms with Gasteiger partial charge in [-0.1, -0.05) is 12.1 Å². The van der Waals surface area contributed by atoms with Gasteiger partial charge in [-0.3, -0.25) is 38.5 Å². The van der Waals surface area contributed by atoms with Crippen LogP contribution in [0.4, 0.5) is 0 Å². The van der Waals surface area contributed by atoms with Gasteiger partial charge in [-0.15, -0.1) is 0 Å². The second-order valence-corrected chi connectivity index (χ2v) is 19.2. The maximum absolute atomic E-state index is 14.3. The van der Waals surface area contributed by atoms with Crippen LogP contribution in [0.3, 0.4) is 0 Å². The molecule has 3 fully saturated rings. The Balaban J connectivity index is 1.01. The Kier molecular flexibility index (Phi) is 20.0. The van der Waals surface area contributed by atoms with E-state index in [1.807, 2.05) is 0 Å². The molecule has 5 aliphatic rings. The van der Waals surface area contributed by atoms with Crippen molar-refractivity contribution in [3.63, 3.8) is 0 Å². The van der Waals surface area contributed by atoms with Gasteiger partial charge in [0.1, 0.15) is 34.7 Å². The third-order valence-corrected chi connectivity index (χ3v) is 14.1. The van der Waals surface area contributed by atoms with E-state index in [1.54, 1.807) is 6.92 Å². The van der Waals surface area contributed by atoms with Gasteiger partial charge >= 0.3 is 0 Å². The van der Waals surface area contributed by atoms with Gasteiger partial charge in [-0.25, -0.2) is 0 Å². The first-order chi connectivity index (χ1) is 36.4. The van der Waals surface area contributed by atoms with Crippen LogP contribution >= 0.6 is 0 Å². The monoisotopic (exact) mass is 1070 g/mol. The summed E-state index contributed by atoms with van der Waals surface area (Å²) in [5, 5.41) is 41.4. The van der Waals surface area contributed by atoms with Gasteiger partial charge < -0.3 is 84.8 Å². The lowest BCUT2D eigenvalue weighted by Gasteiger charge is -2.43. The molecule has 2 aromatic rings. The first-order valence-corrected chi connectivity index (χ1v) is 25.3. The molecule has 2 aliphatic carbocycles. The smallest absolute Gasteiger partial charge is 0.252 e. The number of fused-ring (bicyclic) bond motifs is 6. The number of nitrogens with zero attached hydrogens (tertiary/aromatic N) is 1. The number of ketones is 4. The van der Waals surface area contributed by atoms with Crippen LogP contribution in [-0.4, -0.2) is 203 Å². The predicted octanol–water partition coefficient (Wildman–Crippen LogP) is -0.794. The van der Waals surface area contributed by atoms with Crippen molar-refractivity contribution in [2.75, 3.05) is 93.3 Å². The number of ether oxygens (including phenoxy) is 10. The third-order valence-electron chi connectivity index (χ3n) is 14.1. The molecule has 7 rings (SSSR count). The Bertz CT molecular complexity index is 2480. The molecule has 9 N–H and O–H groups in total. The average Bonchev–Trinajstić information content (AvgIpc) is 3.86. The van der Waals surface area contributed by atoms with E-state index >= 15 is 0 Å². The molecule has 2 aromatic carbocycles. The summed E-state index contributed by atoms with van der Waals surface area (Å²) >= 11 is 0. The molecular formula is C51H69N5O20. The molecule has 3 saturated heterocycles. The molecule has 418 valence electrons. The van der Waals surface area contributed by atoms with Crippen molar-refractivity contribution in [3.8, 4) is 17.2 Å². The fraction of sp³-hybridized carbons (Fsp3) is 0.627. The van der Waals surface area contributed by atoms with Gasteiger partial charge in [0, 0.05) is 81.5 Å². The summed E-state index contributed by atoms with van der Waals surface area (Å²) in [5.74, 6) is -8.33. The van der Waals surface area contributed by atoms with Crippen molar-refractivity contribution >= 4 is 40.9 Å². The van der Waals surface area contributed by atoms with Crippen LogP contribution in [0.2, 0.25) is 0 Å². The Labute approximate surface area is 438 Å². The summed E-state index contributed by atoms with van der Waals surface area (Å²) in [4.78, 5) is 96.4. The number of hydrogen-bond donors (Lipinski definition) is 7. The summed E-state index contributed by atoms with van der Waals surface area (Å²) < 4.78 is 57.4. The Morgan fingerprint density at radius 2 is 1.57 bits per heavy atom. The molecule has 0 radical (unpaired) electrons. The maximum atomic E-state index is 14.3. The molecule has 3 amide bonds. The highest BCUT2D eigenvalue weighted by atomic mass is 16.7. The van der Waals surface area contributed by atoms with Crippen molar-refractivity contribution in [1.82, 2.24) is 15.5 Å². The highest BCUT2D eigenvalue weighted by molar-refractivity contribution is 6.31. The summed E-state index contributed by atoms with van der Waals surface area (Å²) in [6.45, 7) is 6.04. The molecule has 3 aliphatic heterocycles. The predicted molar refractivity (Wildman–Crippen MR) is 261 cm³/mol. The van der Waals surface area contributed by atoms with Crippen molar-refractivity contribution in [3.05, 3.63) is 51.6 Å². The highest BCUT2D eigenvalue weighted by Gasteiger charge is 2.55. The SMILES string of the molecule is COc1cccc2c1C(=O)c1c(O)c3c(c(O)c1C2=O)C[C@@](O)(C(=O)NCC(=O)[C@H](C)NC(=O)[C@H](CC(N)=O)CC(=O)CCOCCOCCOCCOCCN)C[C@@H]3O[C@H]1C[C@H]2[C@H](O[C@@H]3[C@@H](OC)OCCN32)[C@H](C)O1. The van der Waals surface area contributed by atoms with Crippen molar-refractivity contribution in [2.45, 2.75) is 107 Å². The lowest BCUT2D eigenvalue weighted by molar-refractivity contribution is -0.256. The highest BCUT2D eigenvalue weighted by Crippen LogP contribution is 2.53. The second kappa shape index (κ2) is 26.2. The fourth-order valence-corrected chi connectivity index (χ4v) is 10.3. The first-order valence-electron chi connectivity index (χ1n) is 25.3. The number of carbonyl (C=O) groups excluding carboxylic acids is 7. The van der Waals surface area contributed by atoms with Crippen LogP contribution < -0.4 is 26.8 Å². The number of primary amides is 1. The van der Waals surface area contributed by atoms with E-state index < -0.39 is 144 Å². The van der Waals surface area contributed by atoms with Crippen molar-refractivity contribution in [2.24, 2.45) is 17.4 Å². The second-order valence-electron chi connectivity index (χ2n) is 19.2. The average molecular weight is 1070 g/mol. The normalized spacial score (nSPS) is 25.5. The number of nitrogens with one attached hydrogen (secondary N) is 2. The molecule has 0 aromatic heterocycles. The molecule has 25 nitrogen and oxygen atoms in total. The summed E-state index contributed by atoms with van der Waals surface area (Å²) in [7, 11) is 2.81. The molecule has 10 atom stereocenters. The molecule has 0 spiro atoms. The summed E-state index contributed by atoms with van der Waals surface area (Å²) in [5.41, 5.74) is 6.46. The lowest BCUT2D eigenvalue weighted by Crippen LogP contribution is -2.56. The number of aliphatic hydroxyl groups is 1. The fourth-order valence-electron chi connectivity index (χ4n) is 10.3. The Morgan fingerprint density at radius 1 is 0.895 bits per heavy atom. The molecule has 25 heteroatoms. The molecule has 0 unspecified atom stereocenters. The number of amides is 3. The molecule has 3 heterocycles. The van der Waals surface area contributed by atoms with Gasteiger partial charge in [0.25, 0.3) is 5.91 Å². The van der Waals surface area contributed by atoms with E-state index in [-0.39, 0.29) is 73.1 Å². The quantitative estimate of drug-likeness (QED) is 0.0346. The van der Waals surface area contributed by atoms with E-state index in [0.29, 0.717) is 52.7 Å². The van der Waals surface area contributed by atoms with E-state index in [9.17, 15) is 48.9 Å². The van der Waals surface area contributed by atoms with Crippen LogP contribution in [0.5, 0.6) is 17.2 Å². The first kappa shape index (κ1) is 58.1. The van der Waals surface area contributed by atoms with Gasteiger partial charge in [0.05, 0.1) is 114 Å². The van der Waals surface area contributed by atoms with E-state index in [1.165, 1.54) is 39.3 Å². The van der Waals surface area contributed by atoms with Crippen molar-refractivity contribution in [1.29, 1.82) is 0 Å². The van der Waals surface area contributed by atoms with E-state index in [0.717, 1.165) is 0 Å². The van der Waals surface area contributed by atoms with Gasteiger partial charge in [-0.2, -0.15) is 0 Å². The summed E-state index contributed by atoms with van der Waals surface area (Å²) in [6.07, 6.45) is -6.97. The van der Waals surface area contributed by atoms with Crippen LogP contribution in [-0.2, 0) is 73.0 Å². The van der Waals surface area contributed by atoms with Crippen LogP contribution in [0.1, 0.15) is 95.0 Å². The number of hydrogen-bond acceptors (Lipinski definition) is 22. The number of aromatic hydroxyl groups is 2. The Morgan fingerprint density at radius 3 is 2.22 bits per heavy atom. The lowest BCUT2D eigenvalue weighted by atomic mass is 9.72. The summed E-state index contributed by atoms with van der Waals surface area (Å²) in [6, 6.07) is 2.74. The molecule has 0 bridgehead atoms. The molecule has 0 saturated carbocycles. The van der Waals surface area contributed by atoms with Crippen LogP contribution in [0.25, 0.3) is 0 Å². The van der Waals surface area contributed by atoms with Gasteiger partial charge in [0.2, 0.25) is 17.6 Å². The largest absolute Gasteiger partial charge is 0.507 e. The van der Waals surface area contributed by atoms with Crippen LogP contribution in [0, 0.1) is 5.92 Å². The maximum Gasteiger partial charge on any atom is 0.252 e. The minimum absolute atomic E-state index is 0.0152. The number of phenols is 2. The minimum Gasteiger partial charge on any atom is -0.507 e. The number of phenolic OH excluding ortho intramolecular Hbond substituents is 2. The number of carbonyl (C=O) groups is 7. The third kappa shape index (κ3) is 13.1. The minimum atomic E-state index is -2.51. The molecular weight excluding hydrogens is 1000 g/mol. The van der Waals surface area contributed by atoms with Crippen LogP contribution in [0.15, 0.2) is 18.2 Å².